The van der Waals surface area contributed by atoms with E-state index in [-0.39, 0.29) is 11.9 Å². The first kappa shape index (κ1) is 12.1. The summed E-state index contributed by atoms with van der Waals surface area (Å²) in [6.07, 6.45) is 1.40. The third kappa shape index (κ3) is 2.32. The normalized spacial score (nSPS) is 12.1. The van der Waals surface area contributed by atoms with Crippen molar-refractivity contribution in [2.24, 2.45) is 0 Å². The molecule has 6 nitrogen and oxygen atoms in total. The molecule has 0 aliphatic heterocycles. The minimum atomic E-state index is -0.251. The van der Waals surface area contributed by atoms with Crippen LogP contribution in [-0.4, -0.2) is 21.1 Å². The van der Waals surface area contributed by atoms with Gasteiger partial charge in [0.05, 0.1) is 11.6 Å². The first-order valence-electron chi connectivity index (χ1n) is 5.61. The van der Waals surface area contributed by atoms with Gasteiger partial charge in [0.1, 0.15) is 12.2 Å². The van der Waals surface area contributed by atoms with Gasteiger partial charge in [-0.1, -0.05) is 12.1 Å². The van der Waals surface area contributed by atoms with Crippen molar-refractivity contribution < 1.29 is 4.79 Å². The summed E-state index contributed by atoms with van der Waals surface area (Å²) in [5, 5.41) is 9.29. The van der Waals surface area contributed by atoms with Gasteiger partial charge in [0, 0.05) is 5.69 Å². The minimum Gasteiger partial charge on any atom is -0.398 e. The van der Waals surface area contributed by atoms with Gasteiger partial charge in [0.15, 0.2) is 0 Å². The van der Waals surface area contributed by atoms with Crippen molar-refractivity contribution in [1.82, 2.24) is 20.5 Å². The first-order chi connectivity index (χ1) is 8.59. The second kappa shape index (κ2) is 4.87. The number of rotatable bonds is 3. The van der Waals surface area contributed by atoms with Gasteiger partial charge in [-0.25, -0.2) is 4.98 Å². The summed E-state index contributed by atoms with van der Waals surface area (Å²) in [5.41, 5.74) is 7.64. The molecule has 6 heteroatoms. The maximum atomic E-state index is 12.1. The maximum absolute atomic E-state index is 12.1. The number of anilines is 1. The Bertz CT molecular complexity index is 529. The Kier molecular flexibility index (Phi) is 3.27. The van der Waals surface area contributed by atoms with Gasteiger partial charge in [-0.2, -0.15) is 5.10 Å². The predicted molar refractivity (Wildman–Crippen MR) is 67.9 cm³/mol. The van der Waals surface area contributed by atoms with Crippen LogP contribution in [0.5, 0.6) is 0 Å². The number of H-pyrrole nitrogens is 1. The van der Waals surface area contributed by atoms with Crippen molar-refractivity contribution in [1.29, 1.82) is 0 Å². The summed E-state index contributed by atoms with van der Waals surface area (Å²) in [4.78, 5) is 16.1. The number of aromatic nitrogens is 3. The van der Waals surface area contributed by atoms with Gasteiger partial charge in [-0.15, -0.1) is 0 Å². The van der Waals surface area contributed by atoms with Crippen LogP contribution >= 0.6 is 0 Å². The molecule has 1 aromatic heterocycles. The van der Waals surface area contributed by atoms with Gasteiger partial charge >= 0.3 is 0 Å². The summed E-state index contributed by atoms with van der Waals surface area (Å²) in [7, 11) is 0. The number of nitrogens with two attached hydrogens (primary N) is 1. The number of hydrogen-bond acceptors (Lipinski definition) is 4. The number of hydrogen-bond donors (Lipinski definition) is 3. The number of benzene rings is 1. The number of aryl methyl sites for hydroxylation is 1. The molecule has 94 valence electrons. The highest BCUT2D eigenvalue weighted by Gasteiger charge is 2.16. The molecule has 2 rings (SSSR count). The van der Waals surface area contributed by atoms with Crippen LogP contribution < -0.4 is 11.1 Å². The van der Waals surface area contributed by atoms with Crippen LogP contribution in [0.25, 0.3) is 0 Å². The highest BCUT2D eigenvalue weighted by Crippen LogP contribution is 2.17. The number of carbonyl (C=O) groups is 1. The quantitative estimate of drug-likeness (QED) is 0.707. The summed E-state index contributed by atoms with van der Waals surface area (Å²) >= 11 is 0. The molecule has 1 unspecified atom stereocenters. The van der Waals surface area contributed by atoms with Crippen molar-refractivity contribution in [2.45, 2.75) is 19.9 Å². The van der Waals surface area contributed by atoms with Crippen LogP contribution in [0.15, 0.2) is 24.5 Å². The van der Waals surface area contributed by atoms with E-state index in [1.807, 2.05) is 26.0 Å². The van der Waals surface area contributed by atoms with Crippen LogP contribution in [0.4, 0.5) is 5.69 Å². The largest absolute Gasteiger partial charge is 0.398 e. The van der Waals surface area contributed by atoms with Crippen LogP contribution in [-0.2, 0) is 0 Å². The zero-order chi connectivity index (χ0) is 13.1. The number of amides is 1. The molecule has 1 atom stereocenters. The molecule has 18 heavy (non-hydrogen) atoms. The molecule has 0 aliphatic carbocycles. The van der Waals surface area contributed by atoms with E-state index in [9.17, 15) is 4.79 Å². The minimum absolute atomic E-state index is 0.213. The number of carbonyl (C=O) groups excluding carboxylic acids is 1. The van der Waals surface area contributed by atoms with Crippen molar-refractivity contribution in [3.8, 4) is 0 Å². The van der Waals surface area contributed by atoms with Crippen LogP contribution in [0.2, 0.25) is 0 Å². The molecule has 0 saturated carbocycles. The molecule has 0 bridgehead atoms. The summed E-state index contributed by atoms with van der Waals surface area (Å²) < 4.78 is 0. The van der Waals surface area contributed by atoms with Crippen molar-refractivity contribution >= 4 is 11.6 Å². The first-order valence-corrected chi connectivity index (χ1v) is 5.61. The number of aromatic amines is 1. The SMILES string of the molecule is Cc1cccc(N)c1C(=O)NC(C)c1ncn[nH]1. The van der Waals surface area contributed by atoms with Crippen LogP contribution in [0, 0.1) is 6.92 Å². The summed E-state index contributed by atoms with van der Waals surface area (Å²) in [6, 6.07) is 5.13. The molecule has 4 N–H and O–H groups in total. The lowest BCUT2D eigenvalue weighted by Gasteiger charge is -2.13. The van der Waals surface area contributed by atoms with Crippen LogP contribution in [0.3, 0.4) is 0 Å². The maximum Gasteiger partial charge on any atom is 0.254 e. The standard InChI is InChI=1S/C12H15N5O/c1-7-4-3-5-9(13)10(7)12(18)16-8(2)11-14-6-15-17-11/h3-6,8H,13H2,1-2H3,(H,16,18)(H,14,15,17). The molecule has 0 spiro atoms. The van der Waals surface area contributed by atoms with Gasteiger partial charge < -0.3 is 11.1 Å². The zero-order valence-electron chi connectivity index (χ0n) is 10.3. The number of nitrogens with zero attached hydrogens (tertiary/aromatic N) is 2. The topological polar surface area (TPSA) is 96.7 Å². The van der Waals surface area contributed by atoms with E-state index in [4.69, 9.17) is 5.73 Å². The molecule has 1 heterocycles. The molecular weight excluding hydrogens is 230 g/mol. The lowest BCUT2D eigenvalue weighted by atomic mass is 10.1. The molecule has 0 saturated heterocycles. The fourth-order valence-corrected chi connectivity index (χ4v) is 1.76. The number of nitrogen functional groups attached to an aromatic ring is 1. The Balaban J connectivity index is 2.18. The van der Waals surface area contributed by atoms with Crippen molar-refractivity contribution in [3.05, 3.63) is 41.5 Å². The molecular formula is C12H15N5O. The highest BCUT2D eigenvalue weighted by molar-refractivity contribution is 6.00. The Labute approximate surface area is 105 Å². The van der Waals surface area contributed by atoms with E-state index >= 15 is 0 Å². The van der Waals surface area contributed by atoms with Gasteiger partial charge in [0.2, 0.25) is 0 Å². The Morgan fingerprint density at radius 3 is 2.89 bits per heavy atom. The molecule has 0 fully saturated rings. The Hall–Kier alpha value is -2.37. The average Bonchev–Trinajstić information content (AvgIpc) is 2.81. The van der Waals surface area contributed by atoms with E-state index in [1.54, 1.807) is 6.07 Å². The molecule has 0 aliphatic rings. The molecule has 1 aromatic carbocycles. The van der Waals surface area contributed by atoms with Gasteiger partial charge in [0.25, 0.3) is 5.91 Å². The lowest BCUT2D eigenvalue weighted by Crippen LogP contribution is -2.28. The smallest absolute Gasteiger partial charge is 0.254 e. The third-order valence-electron chi connectivity index (χ3n) is 2.72. The van der Waals surface area contributed by atoms with Crippen molar-refractivity contribution in [2.75, 3.05) is 5.73 Å². The second-order valence-electron chi connectivity index (χ2n) is 4.11. The highest BCUT2D eigenvalue weighted by atomic mass is 16.1. The van der Waals surface area contributed by atoms with E-state index in [1.165, 1.54) is 6.33 Å². The van der Waals surface area contributed by atoms with Gasteiger partial charge in [-0.3, -0.25) is 9.89 Å². The monoisotopic (exact) mass is 245 g/mol. The van der Waals surface area contributed by atoms with Crippen LogP contribution in [0.1, 0.15) is 34.7 Å². The second-order valence-corrected chi connectivity index (χ2v) is 4.11. The fourth-order valence-electron chi connectivity index (χ4n) is 1.76. The third-order valence-corrected chi connectivity index (χ3v) is 2.72. The fraction of sp³-hybridized carbons (Fsp3) is 0.250. The molecule has 0 radical (unpaired) electrons. The zero-order valence-corrected chi connectivity index (χ0v) is 10.3. The van der Waals surface area contributed by atoms with E-state index in [2.05, 4.69) is 20.5 Å². The lowest BCUT2D eigenvalue weighted by molar-refractivity contribution is 0.0938. The molecule has 2 aromatic rings. The van der Waals surface area contributed by atoms with E-state index in [0.717, 1.165) is 5.56 Å². The predicted octanol–water partition coefficient (Wildman–Crippen LogP) is 1.19. The Morgan fingerprint density at radius 2 is 2.28 bits per heavy atom. The van der Waals surface area contributed by atoms with E-state index in [0.29, 0.717) is 17.1 Å². The Morgan fingerprint density at radius 1 is 1.50 bits per heavy atom. The summed E-state index contributed by atoms with van der Waals surface area (Å²) in [6.45, 7) is 3.68. The van der Waals surface area contributed by atoms with Crippen molar-refractivity contribution in [3.63, 3.8) is 0 Å². The average molecular weight is 245 g/mol. The van der Waals surface area contributed by atoms with E-state index < -0.39 is 0 Å². The summed E-state index contributed by atoms with van der Waals surface area (Å²) in [5.74, 6) is 0.394. The van der Waals surface area contributed by atoms with Gasteiger partial charge in [-0.05, 0) is 25.5 Å². The number of nitrogens with one attached hydrogen (secondary N) is 2. The molecule has 1 amide bonds.